The summed E-state index contributed by atoms with van der Waals surface area (Å²) in [5.74, 6) is 0. The van der Waals surface area contributed by atoms with E-state index in [0.29, 0.717) is 16.1 Å². The first-order valence-electron chi connectivity index (χ1n) is 6.25. The Labute approximate surface area is 123 Å². The van der Waals surface area contributed by atoms with E-state index in [2.05, 4.69) is 6.07 Å². The van der Waals surface area contributed by atoms with Gasteiger partial charge < -0.3 is 10.0 Å². The summed E-state index contributed by atoms with van der Waals surface area (Å²) in [5.41, 5.74) is 2.97. The third kappa shape index (κ3) is 2.77. The Bertz CT molecular complexity index is 662. The third-order valence-corrected chi connectivity index (χ3v) is 3.53. The molecule has 1 unspecified atom stereocenters. The van der Waals surface area contributed by atoms with Gasteiger partial charge in [-0.25, -0.2) is 0 Å². The van der Waals surface area contributed by atoms with Crippen LogP contribution in [0.5, 0.6) is 0 Å². The normalized spacial score (nSPS) is 11.8. The van der Waals surface area contributed by atoms with E-state index in [4.69, 9.17) is 16.9 Å². The largest absolute Gasteiger partial charge is 0.389 e. The van der Waals surface area contributed by atoms with Gasteiger partial charge >= 0.3 is 0 Å². The number of benzene rings is 2. The van der Waals surface area contributed by atoms with Crippen LogP contribution in [0.1, 0.15) is 24.2 Å². The van der Waals surface area contributed by atoms with Crippen molar-refractivity contribution in [1.29, 1.82) is 5.26 Å². The van der Waals surface area contributed by atoms with Crippen LogP contribution in [0.15, 0.2) is 42.5 Å². The van der Waals surface area contributed by atoms with Gasteiger partial charge in [-0.15, -0.1) is 0 Å². The molecule has 2 aromatic rings. The lowest BCUT2D eigenvalue weighted by Crippen LogP contribution is -2.11. The van der Waals surface area contributed by atoms with Gasteiger partial charge in [-0.2, -0.15) is 5.26 Å². The van der Waals surface area contributed by atoms with Crippen LogP contribution in [-0.4, -0.2) is 12.2 Å². The first-order valence-corrected chi connectivity index (χ1v) is 6.62. The van der Waals surface area contributed by atoms with Crippen LogP contribution in [0.4, 0.5) is 11.4 Å². The van der Waals surface area contributed by atoms with E-state index < -0.39 is 6.10 Å². The van der Waals surface area contributed by atoms with Crippen molar-refractivity contribution in [3.05, 3.63) is 58.6 Å². The minimum Gasteiger partial charge on any atom is -0.389 e. The maximum Gasteiger partial charge on any atom is 0.101 e. The zero-order chi connectivity index (χ0) is 14.7. The highest BCUT2D eigenvalue weighted by Gasteiger charge is 2.12. The highest BCUT2D eigenvalue weighted by Crippen LogP contribution is 2.31. The number of anilines is 2. The van der Waals surface area contributed by atoms with Crippen molar-refractivity contribution in [3.63, 3.8) is 0 Å². The lowest BCUT2D eigenvalue weighted by atomic mass is 10.1. The van der Waals surface area contributed by atoms with Gasteiger partial charge in [-0.3, -0.25) is 0 Å². The van der Waals surface area contributed by atoms with Gasteiger partial charge in [0.2, 0.25) is 0 Å². The summed E-state index contributed by atoms with van der Waals surface area (Å²) in [6.07, 6.45) is -0.603. The molecule has 1 atom stereocenters. The van der Waals surface area contributed by atoms with Gasteiger partial charge in [0.05, 0.1) is 17.4 Å². The molecular formula is C16H15ClN2O. The maximum absolute atomic E-state index is 9.59. The molecule has 20 heavy (non-hydrogen) atoms. The lowest BCUT2D eigenvalue weighted by Gasteiger charge is -2.21. The van der Waals surface area contributed by atoms with Crippen LogP contribution in [0, 0.1) is 11.3 Å². The molecule has 4 heteroatoms. The second kappa shape index (κ2) is 5.96. The Morgan fingerprint density at radius 3 is 2.55 bits per heavy atom. The van der Waals surface area contributed by atoms with Crippen LogP contribution in [0.3, 0.4) is 0 Å². The van der Waals surface area contributed by atoms with Gasteiger partial charge in [0.1, 0.15) is 6.07 Å². The smallest absolute Gasteiger partial charge is 0.101 e. The first-order chi connectivity index (χ1) is 9.54. The molecule has 2 rings (SSSR count). The molecule has 0 bridgehead atoms. The molecule has 1 N–H and O–H groups in total. The number of aliphatic hydroxyl groups excluding tert-OH is 1. The van der Waals surface area contributed by atoms with E-state index in [-0.39, 0.29) is 0 Å². The topological polar surface area (TPSA) is 47.3 Å². The van der Waals surface area contributed by atoms with E-state index in [9.17, 15) is 5.11 Å². The standard InChI is InChI=1S/C16H15ClN2O/c1-11(20)14-8-7-13(9-15(14)17)19(2)16-6-4-3-5-12(16)10-18/h3-9,11,20H,1-2H3. The van der Waals surface area contributed by atoms with Gasteiger partial charge in [0.25, 0.3) is 0 Å². The van der Waals surface area contributed by atoms with Crippen LogP contribution in [0.2, 0.25) is 5.02 Å². The van der Waals surface area contributed by atoms with Gasteiger partial charge in [-0.05, 0) is 36.8 Å². The summed E-state index contributed by atoms with van der Waals surface area (Å²) >= 11 is 6.18. The Hall–Kier alpha value is -2.02. The number of hydrogen-bond acceptors (Lipinski definition) is 3. The number of hydrogen-bond donors (Lipinski definition) is 1. The van der Waals surface area contributed by atoms with Crippen molar-refractivity contribution in [1.82, 2.24) is 0 Å². The number of nitrogens with zero attached hydrogens (tertiary/aromatic N) is 2. The minimum atomic E-state index is -0.603. The average molecular weight is 287 g/mol. The third-order valence-electron chi connectivity index (χ3n) is 3.21. The highest BCUT2D eigenvalue weighted by atomic mass is 35.5. The molecule has 0 radical (unpaired) electrons. The van der Waals surface area contributed by atoms with E-state index in [1.807, 2.05) is 36.2 Å². The van der Waals surface area contributed by atoms with Gasteiger partial charge in [-0.1, -0.05) is 29.8 Å². The van der Waals surface area contributed by atoms with Crippen molar-refractivity contribution in [2.24, 2.45) is 0 Å². The molecule has 2 aromatic carbocycles. The molecule has 0 aliphatic carbocycles. The van der Waals surface area contributed by atoms with E-state index in [1.54, 1.807) is 25.1 Å². The zero-order valence-corrected chi connectivity index (χ0v) is 12.1. The van der Waals surface area contributed by atoms with E-state index in [1.165, 1.54) is 0 Å². The monoisotopic (exact) mass is 286 g/mol. The minimum absolute atomic E-state index is 0.513. The van der Waals surface area contributed by atoms with Crippen LogP contribution >= 0.6 is 11.6 Å². The second-order valence-corrected chi connectivity index (χ2v) is 4.98. The summed E-state index contributed by atoms with van der Waals surface area (Å²) < 4.78 is 0. The van der Waals surface area contributed by atoms with Crippen LogP contribution in [0.25, 0.3) is 0 Å². The number of halogens is 1. The molecule has 0 saturated carbocycles. The molecule has 0 aromatic heterocycles. The van der Waals surface area contributed by atoms with Crippen molar-refractivity contribution < 1.29 is 5.11 Å². The van der Waals surface area contributed by atoms with Crippen molar-refractivity contribution in [3.8, 4) is 6.07 Å². The predicted molar refractivity (Wildman–Crippen MR) is 81.3 cm³/mol. The molecule has 0 amide bonds. The van der Waals surface area contributed by atoms with Crippen LogP contribution in [-0.2, 0) is 0 Å². The molecule has 3 nitrogen and oxygen atoms in total. The molecule has 102 valence electrons. The second-order valence-electron chi connectivity index (χ2n) is 4.57. The number of para-hydroxylation sites is 1. The first kappa shape index (κ1) is 14.4. The highest BCUT2D eigenvalue weighted by molar-refractivity contribution is 6.31. The fraction of sp³-hybridized carbons (Fsp3) is 0.188. The van der Waals surface area contributed by atoms with E-state index >= 15 is 0 Å². The Kier molecular flexibility index (Phi) is 4.29. The van der Waals surface area contributed by atoms with Crippen molar-refractivity contribution in [2.45, 2.75) is 13.0 Å². The van der Waals surface area contributed by atoms with E-state index in [0.717, 1.165) is 11.4 Å². The summed E-state index contributed by atoms with van der Waals surface area (Å²) in [6.45, 7) is 1.68. The Balaban J connectivity index is 2.42. The summed E-state index contributed by atoms with van der Waals surface area (Å²) in [4.78, 5) is 1.90. The van der Waals surface area contributed by atoms with Gasteiger partial charge in [0, 0.05) is 17.8 Å². The molecule has 0 spiro atoms. The fourth-order valence-corrected chi connectivity index (χ4v) is 2.40. The number of nitriles is 1. The molecule has 0 aliphatic rings. The summed E-state index contributed by atoms with van der Waals surface area (Å²) in [6, 6.07) is 15.0. The summed E-state index contributed by atoms with van der Waals surface area (Å²) in [7, 11) is 1.88. The fourth-order valence-electron chi connectivity index (χ4n) is 2.06. The Morgan fingerprint density at radius 2 is 1.95 bits per heavy atom. The maximum atomic E-state index is 9.59. The molecule has 0 heterocycles. The quantitative estimate of drug-likeness (QED) is 0.926. The lowest BCUT2D eigenvalue weighted by molar-refractivity contribution is 0.199. The molecular weight excluding hydrogens is 272 g/mol. The molecule has 0 aliphatic heterocycles. The SMILES string of the molecule is CC(O)c1ccc(N(C)c2ccccc2C#N)cc1Cl. The van der Waals surface area contributed by atoms with Crippen molar-refractivity contribution >= 4 is 23.0 Å². The van der Waals surface area contributed by atoms with Crippen molar-refractivity contribution in [2.75, 3.05) is 11.9 Å². The number of aliphatic hydroxyl groups is 1. The van der Waals surface area contributed by atoms with Crippen LogP contribution < -0.4 is 4.90 Å². The zero-order valence-electron chi connectivity index (χ0n) is 11.3. The average Bonchev–Trinajstić information content (AvgIpc) is 2.45. The Morgan fingerprint density at radius 1 is 1.25 bits per heavy atom. The molecule has 0 saturated heterocycles. The molecule has 0 fully saturated rings. The van der Waals surface area contributed by atoms with Gasteiger partial charge in [0.15, 0.2) is 0 Å². The number of rotatable bonds is 3. The predicted octanol–water partition coefficient (Wildman–Crippen LogP) is 4.03. The summed E-state index contributed by atoms with van der Waals surface area (Å²) in [5, 5.41) is 19.3.